The molecular weight excluding hydrogens is 268 g/mol. The molecule has 0 bridgehead atoms. The van der Waals surface area contributed by atoms with Gasteiger partial charge in [-0.3, -0.25) is 4.79 Å². The molecule has 0 saturated carbocycles. The van der Waals surface area contributed by atoms with Crippen LogP contribution in [0.5, 0.6) is 5.75 Å². The van der Waals surface area contributed by atoms with Gasteiger partial charge in [0, 0.05) is 13.1 Å². The Labute approximate surface area is 125 Å². The highest BCUT2D eigenvalue weighted by molar-refractivity contribution is 5.81. The number of amides is 1. The molecule has 1 rings (SSSR count). The Kier molecular flexibility index (Phi) is 5.74. The van der Waals surface area contributed by atoms with Gasteiger partial charge in [-0.05, 0) is 52.0 Å². The molecule has 0 saturated heterocycles. The first-order chi connectivity index (χ1) is 9.76. The average Bonchev–Trinajstić information content (AvgIpc) is 2.43. The number of nitrogens with zero attached hydrogens (tertiary/aromatic N) is 2. The number of nitriles is 1. The van der Waals surface area contributed by atoms with Crippen LogP contribution in [0.15, 0.2) is 24.3 Å². The lowest BCUT2D eigenvalue weighted by Gasteiger charge is -2.30. The monoisotopic (exact) mass is 290 g/mol. The second-order valence-electron chi connectivity index (χ2n) is 5.56. The molecule has 0 aromatic heterocycles. The zero-order valence-electron chi connectivity index (χ0n) is 13.0. The van der Waals surface area contributed by atoms with E-state index in [4.69, 9.17) is 10.00 Å². The largest absolute Gasteiger partial charge is 0.481 e. The number of carbonyl (C=O) groups excluding carboxylic acids is 1. The molecule has 1 N–H and O–H groups in total. The number of carbonyl (C=O) groups is 1. The van der Waals surface area contributed by atoms with Gasteiger partial charge in [-0.15, -0.1) is 0 Å². The maximum atomic E-state index is 12.3. The molecule has 0 aliphatic heterocycles. The Morgan fingerprint density at radius 2 is 2.00 bits per heavy atom. The number of hydrogen-bond donors (Lipinski definition) is 1. The molecule has 5 nitrogen and oxygen atoms in total. The predicted molar refractivity (Wildman–Crippen MR) is 79.8 cm³/mol. The van der Waals surface area contributed by atoms with Gasteiger partial charge in [-0.25, -0.2) is 0 Å². The van der Waals surface area contributed by atoms with Gasteiger partial charge in [0.25, 0.3) is 5.91 Å². The van der Waals surface area contributed by atoms with Crippen LogP contribution in [0.1, 0.15) is 33.3 Å². The summed E-state index contributed by atoms with van der Waals surface area (Å²) in [5.41, 5.74) is -0.404. The molecule has 1 amide bonds. The normalized spacial score (nSPS) is 12.4. The van der Waals surface area contributed by atoms with Crippen molar-refractivity contribution < 1.29 is 14.6 Å². The van der Waals surface area contributed by atoms with Gasteiger partial charge in [0.2, 0.25) is 0 Å². The zero-order valence-corrected chi connectivity index (χ0v) is 13.0. The van der Waals surface area contributed by atoms with E-state index in [1.165, 1.54) is 0 Å². The fourth-order valence-corrected chi connectivity index (χ4v) is 1.93. The van der Waals surface area contributed by atoms with E-state index < -0.39 is 11.7 Å². The molecule has 5 heteroatoms. The van der Waals surface area contributed by atoms with E-state index in [-0.39, 0.29) is 12.5 Å². The molecule has 1 aromatic rings. The summed E-state index contributed by atoms with van der Waals surface area (Å²) < 4.78 is 5.59. The Bertz CT molecular complexity index is 512. The van der Waals surface area contributed by atoms with Crippen LogP contribution in [0.3, 0.4) is 0 Å². The summed E-state index contributed by atoms with van der Waals surface area (Å²) in [7, 11) is 0. The third-order valence-corrected chi connectivity index (χ3v) is 2.92. The second-order valence-corrected chi connectivity index (χ2v) is 5.56. The minimum absolute atomic E-state index is 0.177. The topological polar surface area (TPSA) is 73.6 Å². The highest BCUT2D eigenvalue weighted by Crippen LogP contribution is 2.15. The summed E-state index contributed by atoms with van der Waals surface area (Å²) in [5.74, 6) is 0.359. The summed E-state index contributed by atoms with van der Waals surface area (Å²) in [6, 6.07) is 8.63. The Hall–Kier alpha value is -2.06. The van der Waals surface area contributed by atoms with Gasteiger partial charge in [0.1, 0.15) is 5.75 Å². The number of likely N-dealkylation sites (N-methyl/N-ethyl adjacent to an activating group) is 1. The van der Waals surface area contributed by atoms with Crippen LogP contribution in [-0.4, -0.2) is 40.7 Å². The van der Waals surface area contributed by atoms with Crippen molar-refractivity contribution in [2.75, 3.05) is 13.1 Å². The van der Waals surface area contributed by atoms with Gasteiger partial charge >= 0.3 is 0 Å². The summed E-state index contributed by atoms with van der Waals surface area (Å²) in [6.07, 6.45) is -0.653. The average molecular weight is 290 g/mol. The SMILES string of the molecule is CCN(CC(C)(C)O)C(=O)C(C)Oc1ccc(C#N)cc1. The maximum absolute atomic E-state index is 12.3. The van der Waals surface area contributed by atoms with Crippen molar-refractivity contribution in [3.63, 3.8) is 0 Å². The van der Waals surface area contributed by atoms with Crippen molar-refractivity contribution in [3.05, 3.63) is 29.8 Å². The predicted octanol–water partition coefficient (Wildman–Crippen LogP) is 1.94. The second kappa shape index (κ2) is 7.09. The van der Waals surface area contributed by atoms with Crippen LogP contribution in [0.25, 0.3) is 0 Å². The maximum Gasteiger partial charge on any atom is 0.263 e. The number of aliphatic hydroxyl groups is 1. The molecule has 1 aromatic carbocycles. The van der Waals surface area contributed by atoms with Crippen molar-refractivity contribution in [2.24, 2.45) is 0 Å². The summed E-state index contributed by atoms with van der Waals surface area (Å²) >= 11 is 0. The van der Waals surface area contributed by atoms with Crippen LogP contribution in [0, 0.1) is 11.3 Å². The molecule has 114 valence electrons. The van der Waals surface area contributed by atoms with E-state index in [2.05, 4.69) is 0 Å². The minimum Gasteiger partial charge on any atom is -0.481 e. The number of ether oxygens (including phenoxy) is 1. The molecule has 1 unspecified atom stereocenters. The molecule has 1 atom stereocenters. The van der Waals surface area contributed by atoms with E-state index in [0.717, 1.165) is 0 Å². The Balaban J connectivity index is 2.70. The third-order valence-electron chi connectivity index (χ3n) is 2.92. The minimum atomic E-state index is -0.945. The van der Waals surface area contributed by atoms with Gasteiger partial charge < -0.3 is 14.7 Å². The Morgan fingerprint density at radius 1 is 1.43 bits per heavy atom. The van der Waals surface area contributed by atoms with Crippen LogP contribution < -0.4 is 4.74 Å². The summed E-state index contributed by atoms with van der Waals surface area (Å²) in [4.78, 5) is 13.9. The zero-order chi connectivity index (χ0) is 16.0. The smallest absolute Gasteiger partial charge is 0.263 e. The molecule has 0 spiro atoms. The lowest BCUT2D eigenvalue weighted by molar-refractivity contribution is -0.140. The van der Waals surface area contributed by atoms with E-state index >= 15 is 0 Å². The standard InChI is InChI=1S/C16H22N2O3/c1-5-18(11-16(3,4)20)15(19)12(2)21-14-8-6-13(10-17)7-9-14/h6-9,12,20H,5,11H2,1-4H3. The highest BCUT2D eigenvalue weighted by Gasteiger charge is 2.25. The molecule has 0 radical (unpaired) electrons. The van der Waals surface area contributed by atoms with Crippen molar-refractivity contribution >= 4 is 5.91 Å². The van der Waals surface area contributed by atoms with Crippen LogP contribution in [-0.2, 0) is 4.79 Å². The van der Waals surface area contributed by atoms with Gasteiger partial charge in [0.05, 0.1) is 17.2 Å². The first-order valence-corrected chi connectivity index (χ1v) is 6.95. The van der Waals surface area contributed by atoms with Crippen LogP contribution in [0.2, 0.25) is 0 Å². The molecule has 0 fully saturated rings. The molecular formula is C16H22N2O3. The Morgan fingerprint density at radius 3 is 2.43 bits per heavy atom. The summed E-state index contributed by atoms with van der Waals surface area (Å²) in [6.45, 7) is 7.61. The van der Waals surface area contributed by atoms with E-state index in [0.29, 0.717) is 17.9 Å². The number of hydrogen-bond acceptors (Lipinski definition) is 4. The van der Waals surface area contributed by atoms with Crippen molar-refractivity contribution in [1.82, 2.24) is 4.90 Å². The molecule has 21 heavy (non-hydrogen) atoms. The quantitative estimate of drug-likeness (QED) is 0.869. The van der Waals surface area contributed by atoms with Crippen molar-refractivity contribution in [1.29, 1.82) is 5.26 Å². The fourth-order valence-electron chi connectivity index (χ4n) is 1.93. The fraction of sp³-hybridized carbons (Fsp3) is 0.500. The third kappa shape index (κ3) is 5.44. The molecule has 0 aliphatic carbocycles. The van der Waals surface area contributed by atoms with E-state index in [1.807, 2.05) is 13.0 Å². The lowest BCUT2D eigenvalue weighted by Crippen LogP contribution is -2.47. The molecule has 0 heterocycles. The van der Waals surface area contributed by atoms with E-state index in [9.17, 15) is 9.90 Å². The lowest BCUT2D eigenvalue weighted by atomic mass is 10.1. The van der Waals surface area contributed by atoms with Gasteiger partial charge in [-0.2, -0.15) is 5.26 Å². The van der Waals surface area contributed by atoms with Gasteiger partial charge in [0.15, 0.2) is 6.10 Å². The molecule has 0 aliphatic rings. The van der Waals surface area contributed by atoms with Gasteiger partial charge in [-0.1, -0.05) is 0 Å². The first-order valence-electron chi connectivity index (χ1n) is 6.95. The van der Waals surface area contributed by atoms with E-state index in [1.54, 1.807) is 49.9 Å². The van der Waals surface area contributed by atoms with Crippen LogP contribution in [0.4, 0.5) is 0 Å². The van der Waals surface area contributed by atoms with Crippen molar-refractivity contribution in [3.8, 4) is 11.8 Å². The first kappa shape index (κ1) is 17.0. The highest BCUT2D eigenvalue weighted by atomic mass is 16.5. The van der Waals surface area contributed by atoms with Crippen molar-refractivity contribution in [2.45, 2.75) is 39.4 Å². The number of benzene rings is 1. The number of rotatable bonds is 6. The summed E-state index contributed by atoms with van der Waals surface area (Å²) in [5, 5.41) is 18.6. The van der Waals surface area contributed by atoms with Crippen LogP contribution >= 0.6 is 0 Å².